The third-order valence-electron chi connectivity index (χ3n) is 4.09. The van der Waals surface area contributed by atoms with Crippen LogP contribution in [0.25, 0.3) is 11.4 Å². The number of rotatable bonds is 8. The van der Waals surface area contributed by atoms with E-state index in [1.54, 1.807) is 12.1 Å². The molecule has 6 heteroatoms. The minimum Gasteiger partial charge on any atom is -0.457 e. The molecule has 0 spiro atoms. The van der Waals surface area contributed by atoms with Crippen LogP contribution in [0, 0.1) is 0 Å². The number of carbonyl (C=O) groups excluding carboxylic acids is 2. The van der Waals surface area contributed by atoms with Crippen LogP contribution >= 0.6 is 0 Å². The van der Waals surface area contributed by atoms with Gasteiger partial charge < -0.3 is 9.26 Å². The average Bonchev–Trinajstić information content (AvgIpc) is 3.20. The van der Waals surface area contributed by atoms with Gasteiger partial charge in [-0.1, -0.05) is 66.7 Å². The van der Waals surface area contributed by atoms with Crippen LogP contribution in [0.4, 0.5) is 0 Å². The van der Waals surface area contributed by atoms with Crippen molar-refractivity contribution in [1.82, 2.24) is 10.1 Å². The van der Waals surface area contributed by atoms with Gasteiger partial charge >= 0.3 is 5.97 Å². The predicted octanol–water partition coefficient (Wildman–Crippen LogP) is 3.66. The highest BCUT2D eigenvalue weighted by Crippen LogP contribution is 2.15. The van der Waals surface area contributed by atoms with Gasteiger partial charge in [-0.2, -0.15) is 4.98 Å². The molecule has 1 aromatic heterocycles. The van der Waals surface area contributed by atoms with Crippen LogP contribution in [0.15, 0.2) is 59.1 Å². The van der Waals surface area contributed by atoms with Crippen LogP contribution in [-0.4, -0.2) is 28.5 Å². The maximum absolute atomic E-state index is 12.1. The number of ether oxygens (including phenoxy) is 1. The van der Waals surface area contributed by atoms with E-state index in [0.29, 0.717) is 17.3 Å². The Kier molecular flexibility index (Phi) is 6.10. The van der Waals surface area contributed by atoms with E-state index in [-0.39, 0.29) is 25.2 Å². The third kappa shape index (κ3) is 5.10. The Bertz CT molecular complexity index is 901. The SMILES string of the molecule is CCc1ccc(C(=O)COC(=O)CCc2nc(-c3ccccc3)no2)cc1. The standard InChI is InChI=1S/C21H20N2O4/c1-2-15-8-10-16(11-9-15)18(24)14-26-20(25)13-12-19-22-21(23-27-19)17-6-4-3-5-7-17/h3-11H,2,12-14H2,1H3. The second-order valence-corrected chi connectivity index (χ2v) is 6.01. The summed E-state index contributed by atoms with van der Waals surface area (Å²) in [6.45, 7) is 1.77. The topological polar surface area (TPSA) is 82.3 Å². The Morgan fingerprint density at radius 3 is 2.48 bits per heavy atom. The number of hydrogen-bond acceptors (Lipinski definition) is 6. The molecule has 0 aliphatic carbocycles. The summed E-state index contributed by atoms with van der Waals surface area (Å²) in [5.41, 5.74) is 2.53. The fraction of sp³-hybridized carbons (Fsp3) is 0.238. The first-order chi connectivity index (χ1) is 13.2. The van der Waals surface area contributed by atoms with Crippen molar-refractivity contribution in [2.45, 2.75) is 26.2 Å². The largest absolute Gasteiger partial charge is 0.457 e. The van der Waals surface area contributed by atoms with Crippen LogP contribution in [0.3, 0.4) is 0 Å². The highest BCUT2D eigenvalue weighted by molar-refractivity contribution is 5.97. The molecule has 0 saturated carbocycles. The number of nitrogens with zero attached hydrogens (tertiary/aromatic N) is 2. The van der Waals surface area contributed by atoms with Crippen molar-refractivity contribution < 1.29 is 18.8 Å². The van der Waals surface area contributed by atoms with Crippen LogP contribution in [0.2, 0.25) is 0 Å². The van der Waals surface area contributed by atoms with E-state index < -0.39 is 5.97 Å². The van der Waals surface area contributed by atoms with Crippen LogP contribution in [0.5, 0.6) is 0 Å². The zero-order valence-corrected chi connectivity index (χ0v) is 15.1. The molecule has 0 atom stereocenters. The smallest absolute Gasteiger partial charge is 0.306 e. The molecule has 0 N–H and O–H groups in total. The molecule has 1 heterocycles. The minimum atomic E-state index is -0.479. The molecular weight excluding hydrogens is 344 g/mol. The zero-order valence-electron chi connectivity index (χ0n) is 15.1. The lowest BCUT2D eigenvalue weighted by molar-refractivity contribution is -0.142. The first-order valence-electron chi connectivity index (χ1n) is 8.81. The molecular formula is C21H20N2O4. The Balaban J connectivity index is 1.45. The maximum atomic E-state index is 12.1. The Labute approximate surface area is 157 Å². The van der Waals surface area contributed by atoms with E-state index in [9.17, 15) is 9.59 Å². The lowest BCUT2D eigenvalue weighted by Crippen LogP contribution is -2.14. The number of ketones is 1. The third-order valence-corrected chi connectivity index (χ3v) is 4.09. The molecule has 0 saturated heterocycles. The fourth-order valence-corrected chi connectivity index (χ4v) is 2.50. The van der Waals surface area contributed by atoms with Gasteiger partial charge in [0.1, 0.15) is 0 Å². The van der Waals surface area contributed by atoms with Crippen molar-refractivity contribution in [3.8, 4) is 11.4 Å². The van der Waals surface area contributed by atoms with Gasteiger partial charge in [0.05, 0.1) is 6.42 Å². The van der Waals surface area contributed by atoms with Gasteiger partial charge in [0.25, 0.3) is 0 Å². The van der Waals surface area contributed by atoms with Crippen LogP contribution in [-0.2, 0) is 22.4 Å². The van der Waals surface area contributed by atoms with E-state index in [2.05, 4.69) is 10.1 Å². The Morgan fingerprint density at radius 2 is 1.78 bits per heavy atom. The summed E-state index contributed by atoms with van der Waals surface area (Å²) in [4.78, 5) is 28.2. The molecule has 3 aromatic rings. The molecule has 2 aromatic carbocycles. The van der Waals surface area contributed by atoms with E-state index in [0.717, 1.165) is 17.5 Å². The molecule has 3 rings (SSSR count). The molecule has 0 bridgehead atoms. The van der Waals surface area contributed by atoms with Gasteiger partial charge in [-0.25, -0.2) is 0 Å². The Hall–Kier alpha value is -3.28. The molecule has 0 unspecified atom stereocenters. The van der Waals surface area contributed by atoms with Crippen molar-refractivity contribution in [3.63, 3.8) is 0 Å². The predicted molar refractivity (Wildman–Crippen MR) is 99.2 cm³/mol. The maximum Gasteiger partial charge on any atom is 0.306 e. The monoisotopic (exact) mass is 364 g/mol. The lowest BCUT2D eigenvalue weighted by atomic mass is 10.1. The number of esters is 1. The van der Waals surface area contributed by atoms with Crippen LogP contribution in [0.1, 0.15) is 35.2 Å². The van der Waals surface area contributed by atoms with Crippen molar-refractivity contribution in [1.29, 1.82) is 0 Å². The van der Waals surface area contributed by atoms with E-state index in [1.807, 2.05) is 49.4 Å². The second kappa shape index (κ2) is 8.89. The summed E-state index contributed by atoms with van der Waals surface area (Å²) in [7, 11) is 0. The lowest BCUT2D eigenvalue weighted by Gasteiger charge is -2.04. The molecule has 0 aliphatic heterocycles. The van der Waals surface area contributed by atoms with Gasteiger partial charge in [-0.15, -0.1) is 0 Å². The molecule has 138 valence electrons. The molecule has 0 amide bonds. The Morgan fingerprint density at radius 1 is 1.04 bits per heavy atom. The van der Waals surface area contributed by atoms with E-state index in [4.69, 9.17) is 9.26 Å². The molecule has 0 aliphatic rings. The summed E-state index contributed by atoms with van der Waals surface area (Å²) < 4.78 is 10.2. The van der Waals surface area contributed by atoms with Gasteiger partial charge in [0.2, 0.25) is 11.7 Å². The molecule has 27 heavy (non-hydrogen) atoms. The summed E-state index contributed by atoms with van der Waals surface area (Å²) in [5.74, 6) is 0.125. The van der Waals surface area contributed by atoms with Gasteiger partial charge in [-0.05, 0) is 12.0 Å². The normalized spacial score (nSPS) is 10.6. The second-order valence-electron chi connectivity index (χ2n) is 6.01. The zero-order chi connectivity index (χ0) is 19.1. The fourth-order valence-electron chi connectivity index (χ4n) is 2.50. The first kappa shape index (κ1) is 18.5. The summed E-state index contributed by atoms with van der Waals surface area (Å²) in [6, 6.07) is 16.7. The molecule has 0 radical (unpaired) electrons. The molecule has 0 fully saturated rings. The highest BCUT2D eigenvalue weighted by atomic mass is 16.5. The van der Waals surface area contributed by atoms with Crippen molar-refractivity contribution in [2.24, 2.45) is 0 Å². The van der Waals surface area contributed by atoms with Gasteiger partial charge in [0, 0.05) is 17.5 Å². The summed E-state index contributed by atoms with van der Waals surface area (Å²) >= 11 is 0. The van der Waals surface area contributed by atoms with Crippen molar-refractivity contribution >= 4 is 11.8 Å². The average molecular weight is 364 g/mol. The van der Waals surface area contributed by atoms with Gasteiger partial charge in [0.15, 0.2) is 12.4 Å². The number of carbonyl (C=O) groups is 2. The van der Waals surface area contributed by atoms with Crippen LogP contribution < -0.4 is 0 Å². The van der Waals surface area contributed by atoms with Crippen molar-refractivity contribution in [3.05, 3.63) is 71.6 Å². The van der Waals surface area contributed by atoms with E-state index in [1.165, 1.54) is 0 Å². The molecule has 6 nitrogen and oxygen atoms in total. The summed E-state index contributed by atoms with van der Waals surface area (Å²) in [5, 5.41) is 3.90. The quantitative estimate of drug-likeness (QED) is 0.448. The van der Waals surface area contributed by atoms with E-state index >= 15 is 0 Å². The number of aromatic nitrogens is 2. The number of Topliss-reactive ketones (excluding diaryl/α,β-unsaturated/α-hetero) is 1. The van der Waals surface area contributed by atoms with Crippen molar-refractivity contribution in [2.75, 3.05) is 6.61 Å². The van der Waals surface area contributed by atoms with Gasteiger partial charge in [-0.3, -0.25) is 9.59 Å². The minimum absolute atomic E-state index is 0.0679. The first-order valence-corrected chi connectivity index (χ1v) is 8.81. The number of benzene rings is 2. The number of aryl methyl sites for hydroxylation is 2. The number of hydrogen-bond donors (Lipinski definition) is 0. The highest BCUT2D eigenvalue weighted by Gasteiger charge is 2.13. The summed E-state index contributed by atoms with van der Waals surface area (Å²) in [6.07, 6.45) is 1.24.